The van der Waals surface area contributed by atoms with Gasteiger partial charge in [0.05, 0.1) is 18.1 Å². The Morgan fingerprint density at radius 1 is 0.878 bits per heavy atom. The minimum Gasteiger partial charge on any atom is -0.530 e. The molecule has 3 atom stereocenters. The Labute approximate surface area is 245 Å². The zero-order chi connectivity index (χ0) is 30.7. The molecule has 3 N–H and O–H groups in total. The number of hydrogen-bond acceptors (Lipinski definition) is 5. The van der Waals surface area contributed by atoms with E-state index in [0.717, 1.165) is 16.0 Å². The molecule has 0 unspecified atom stereocenters. The molecule has 0 bridgehead atoms. The molecule has 8 nitrogen and oxygen atoms in total. The van der Waals surface area contributed by atoms with Crippen LogP contribution in [0.25, 0.3) is 0 Å². The Balaban J connectivity index is 2.21. The molecule has 0 saturated carbocycles. The number of aliphatic hydroxyl groups is 1. The van der Waals surface area contributed by atoms with Crippen LogP contribution in [0.2, 0.25) is 0 Å². The maximum Gasteiger partial charge on any atom is 0.224 e. The van der Waals surface area contributed by atoms with Crippen molar-refractivity contribution in [3.63, 3.8) is 0 Å². The van der Waals surface area contributed by atoms with Crippen LogP contribution in [-0.2, 0) is 22.6 Å². The summed E-state index contributed by atoms with van der Waals surface area (Å²) < 4.78 is 0. The van der Waals surface area contributed by atoms with E-state index in [2.05, 4.69) is 38.3 Å². The lowest BCUT2D eigenvalue weighted by molar-refractivity contribution is -0.270. The fourth-order valence-corrected chi connectivity index (χ4v) is 5.20. The zero-order valence-electron chi connectivity index (χ0n) is 25.6. The number of nitrogens with one attached hydrogen (secondary N) is 2. The molecule has 0 aromatic heterocycles. The summed E-state index contributed by atoms with van der Waals surface area (Å²) in [6.45, 7) is 13.8. The van der Waals surface area contributed by atoms with Crippen LogP contribution in [0.4, 0.5) is 4.79 Å². The van der Waals surface area contributed by atoms with Gasteiger partial charge in [-0.1, -0.05) is 109 Å². The lowest BCUT2D eigenvalue weighted by Crippen LogP contribution is -2.55. The molecule has 0 aliphatic rings. The first-order valence-corrected chi connectivity index (χ1v) is 14.5. The number of nitrogens with zero attached hydrogens (tertiary/aromatic N) is 1. The van der Waals surface area contributed by atoms with Gasteiger partial charge in [-0.2, -0.15) is 0 Å². The molecule has 0 fully saturated rings. The topological polar surface area (TPSA) is 122 Å². The number of aliphatic hydroxyl groups excluding tert-OH is 1. The number of amides is 3. The SMILES string of the molecule is CC(C)C(NC(=O)C[C@@H](C(=O)NC[C@@H](O)[C@H](Cc1ccccc1)N(Cc1ccccc1)C(=O)[O-])C(C)(C)C)C(C)C. The second-order valence-corrected chi connectivity index (χ2v) is 12.7. The predicted octanol–water partition coefficient (Wildman–Crippen LogP) is 3.77. The molecule has 3 amide bonds. The van der Waals surface area contributed by atoms with E-state index in [1.807, 2.05) is 81.4 Å². The summed E-state index contributed by atoms with van der Waals surface area (Å²) in [5.74, 6) is -0.705. The minimum absolute atomic E-state index is 0.00743. The van der Waals surface area contributed by atoms with Crippen molar-refractivity contribution in [3.05, 3.63) is 71.8 Å². The first-order valence-electron chi connectivity index (χ1n) is 14.5. The van der Waals surface area contributed by atoms with Gasteiger partial charge in [0.15, 0.2) is 0 Å². The van der Waals surface area contributed by atoms with Crippen molar-refractivity contribution in [2.45, 2.75) is 86.0 Å². The third kappa shape index (κ3) is 10.8. The highest BCUT2D eigenvalue weighted by Gasteiger charge is 2.35. The van der Waals surface area contributed by atoms with E-state index in [4.69, 9.17) is 0 Å². The number of carboxylic acid groups (broad SMARTS) is 1. The summed E-state index contributed by atoms with van der Waals surface area (Å²) in [7, 11) is 0. The summed E-state index contributed by atoms with van der Waals surface area (Å²) in [4.78, 5) is 39.8. The van der Waals surface area contributed by atoms with Gasteiger partial charge in [-0.05, 0) is 34.8 Å². The first-order chi connectivity index (χ1) is 19.2. The highest BCUT2D eigenvalue weighted by molar-refractivity contribution is 5.86. The highest BCUT2D eigenvalue weighted by atomic mass is 16.4. The summed E-state index contributed by atoms with van der Waals surface area (Å²) in [5, 5.41) is 29.5. The number of carbonyl (C=O) groups is 3. The quantitative estimate of drug-likeness (QED) is 0.321. The molecule has 0 spiro atoms. The van der Waals surface area contributed by atoms with Crippen LogP contribution < -0.4 is 15.7 Å². The Bertz CT molecular complexity index is 1090. The average molecular weight is 567 g/mol. The summed E-state index contributed by atoms with van der Waals surface area (Å²) in [6.07, 6.45) is -2.39. The smallest absolute Gasteiger partial charge is 0.224 e. The minimum atomic E-state index is -1.41. The average Bonchev–Trinajstić information content (AvgIpc) is 2.90. The van der Waals surface area contributed by atoms with Gasteiger partial charge in [-0.3, -0.25) is 9.59 Å². The fourth-order valence-electron chi connectivity index (χ4n) is 5.20. The van der Waals surface area contributed by atoms with Gasteiger partial charge in [0.1, 0.15) is 6.09 Å². The molecule has 8 heteroatoms. The van der Waals surface area contributed by atoms with Crippen molar-refractivity contribution in [1.82, 2.24) is 15.5 Å². The summed E-state index contributed by atoms with van der Waals surface area (Å²) in [5.41, 5.74) is 1.08. The molecule has 0 aliphatic heterocycles. The molecule has 0 radical (unpaired) electrons. The third-order valence-electron chi connectivity index (χ3n) is 7.56. The standard InChI is InChI=1S/C33H49N3O5/c1-22(2)30(23(3)4)35-29(38)19-26(33(5,6)7)31(39)34-20-28(37)27(18-24-14-10-8-11-15-24)36(32(40)41)21-25-16-12-9-13-17-25/h8-17,22-23,26-28,30,37H,18-21H2,1-7H3,(H,34,39)(H,35,38)(H,40,41)/p-1/t26-,27-,28+/m0/s1. The van der Waals surface area contributed by atoms with Gasteiger partial charge < -0.3 is 30.5 Å². The van der Waals surface area contributed by atoms with Gasteiger partial charge in [-0.15, -0.1) is 0 Å². The van der Waals surface area contributed by atoms with E-state index in [9.17, 15) is 24.6 Å². The Kier molecular flexibility index (Phi) is 12.8. The molecular weight excluding hydrogens is 518 g/mol. The van der Waals surface area contributed by atoms with Gasteiger partial charge in [0, 0.05) is 25.6 Å². The van der Waals surface area contributed by atoms with Gasteiger partial charge in [0.2, 0.25) is 11.8 Å². The van der Waals surface area contributed by atoms with Gasteiger partial charge in [0.25, 0.3) is 0 Å². The largest absolute Gasteiger partial charge is 0.530 e. The monoisotopic (exact) mass is 566 g/mol. The van der Waals surface area contributed by atoms with Crippen molar-refractivity contribution in [1.29, 1.82) is 0 Å². The van der Waals surface area contributed by atoms with E-state index in [0.29, 0.717) is 0 Å². The Morgan fingerprint density at radius 2 is 1.39 bits per heavy atom. The lowest BCUT2D eigenvalue weighted by Gasteiger charge is -2.37. The normalized spacial score (nSPS) is 14.0. The van der Waals surface area contributed by atoms with Crippen LogP contribution in [0.15, 0.2) is 60.7 Å². The zero-order valence-corrected chi connectivity index (χ0v) is 25.6. The molecule has 2 aromatic carbocycles. The van der Waals surface area contributed by atoms with Crippen LogP contribution >= 0.6 is 0 Å². The fraction of sp³-hybridized carbons (Fsp3) is 0.545. The maximum atomic E-state index is 13.4. The molecule has 41 heavy (non-hydrogen) atoms. The summed E-state index contributed by atoms with van der Waals surface area (Å²) >= 11 is 0. The van der Waals surface area contributed by atoms with E-state index >= 15 is 0 Å². The molecule has 2 rings (SSSR count). The molecule has 0 aliphatic carbocycles. The van der Waals surface area contributed by atoms with Crippen LogP contribution in [0.3, 0.4) is 0 Å². The third-order valence-corrected chi connectivity index (χ3v) is 7.56. The maximum absolute atomic E-state index is 13.4. The number of benzene rings is 2. The van der Waals surface area contributed by atoms with E-state index in [1.54, 1.807) is 0 Å². The first kappa shape index (κ1) is 33.8. The van der Waals surface area contributed by atoms with Gasteiger partial charge in [-0.25, -0.2) is 0 Å². The van der Waals surface area contributed by atoms with Crippen molar-refractivity contribution in [2.75, 3.05) is 6.54 Å². The van der Waals surface area contributed by atoms with Crippen LogP contribution in [0.1, 0.15) is 66.0 Å². The van der Waals surface area contributed by atoms with E-state index in [-0.39, 0.29) is 55.6 Å². The second kappa shape index (κ2) is 15.6. The van der Waals surface area contributed by atoms with Crippen LogP contribution in [0, 0.1) is 23.2 Å². The second-order valence-electron chi connectivity index (χ2n) is 12.7. The molecule has 0 heterocycles. The lowest BCUT2D eigenvalue weighted by atomic mass is 9.77. The molecule has 0 saturated heterocycles. The molecule has 2 aromatic rings. The Morgan fingerprint density at radius 3 is 1.85 bits per heavy atom. The number of carbonyl (C=O) groups excluding carboxylic acids is 3. The molecular formula is C33H48N3O5-. The van der Waals surface area contributed by atoms with E-state index < -0.39 is 29.6 Å². The van der Waals surface area contributed by atoms with Crippen LogP contribution in [0.5, 0.6) is 0 Å². The number of hydrogen-bond donors (Lipinski definition) is 3. The number of rotatable bonds is 14. The van der Waals surface area contributed by atoms with Crippen molar-refractivity contribution < 1.29 is 24.6 Å². The molecule has 226 valence electrons. The van der Waals surface area contributed by atoms with Crippen LogP contribution in [-0.4, -0.2) is 52.6 Å². The van der Waals surface area contributed by atoms with Crippen molar-refractivity contribution in [3.8, 4) is 0 Å². The van der Waals surface area contributed by atoms with E-state index in [1.165, 1.54) is 0 Å². The Hall–Kier alpha value is -3.39. The summed E-state index contributed by atoms with van der Waals surface area (Å²) in [6, 6.07) is 17.5. The predicted molar refractivity (Wildman–Crippen MR) is 160 cm³/mol. The van der Waals surface area contributed by atoms with Crippen molar-refractivity contribution >= 4 is 17.9 Å². The van der Waals surface area contributed by atoms with Gasteiger partial charge >= 0.3 is 0 Å². The highest BCUT2D eigenvalue weighted by Crippen LogP contribution is 2.29. The van der Waals surface area contributed by atoms with Crippen molar-refractivity contribution in [2.24, 2.45) is 23.2 Å².